The lowest BCUT2D eigenvalue weighted by molar-refractivity contribution is 0.0692. The van der Waals surface area contributed by atoms with E-state index in [1.54, 1.807) is 0 Å². The van der Waals surface area contributed by atoms with E-state index in [-0.39, 0.29) is 17.9 Å². The van der Waals surface area contributed by atoms with Crippen LogP contribution in [0.25, 0.3) is 22.0 Å². The largest absolute Gasteiger partial charge is 0.491 e. The Morgan fingerprint density at radius 1 is 0.788 bits per heavy atom. The summed E-state index contributed by atoms with van der Waals surface area (Å²) in [5, 5.41) is 10.6. The predicted molar refractivity (Wildman–Crippen MR) is 129 cm³/mol. The van der Waals surface area contributed by atoms with Crippen molar-refractivity contribution in [2.75, 3.05) is 0 Å². The Morgan fingerprint density at radius 3 is 2.06 bits per heavy atom. The quantitative estimate of drug-likeness (QED) is 0.308. The molecule has 0 amide bonds. The fourth-order valence-corrected chi connectivity index (χ4v) is 3.69. The molecular weight excluding hydrogens is 418 g/mol. The molecule has 0 aliphatic rings. The number of aromatic nitrogens is 1. The van der Waals surface area contributed by atoms with Gasteiger partial charge in [-0.15, -0.1) is 0 Å². The number of fused-ring (bicyclic) bond motifs is 1. The summed E-state index contributed by atoms with van der Waals surface area (Å²) in [5.41, 5.74) is 2.23. The normalized spacial score (nSPS) is 11.2. The van der Waals surface area contributed by atoms with Crippen molar-refractivity contribution >= 4 is 16.9 Å². The Labute approximate surface area is 192 Å². The third kappa shape index (κ3) is 5.12. The highest BCUT2D eigenvalue weighted by molar-refractivity contribution is 6.07. The monoisotopic (exact) mass is 445 g/mol. The van der Waals surface area contributed by atoms with Gasteiger partial charge in [-0.2, -0.15) is 0 Å². The first-order chi connectivity index (χ1) is 15.8. The molecule has 6 heteroatoms. The van der Waals surface area contributed by atoms with Gasteiger partial charge in [-0.05, 0) is 75.7 Å². The van der Waals surface area contributed by atoms with Gasteiger partial charge in [0, 0.05) is 22.5 Å². The van der Waals surface area contributed by atoms with Crippen molar-refractivity contribution < 1.29 is 24.1 Å². The summed E-state index contributed by atoms with van der Waals surface area (Å²) in [6, 6.07) is 20.4. The van der Waals surface area contributed by atoms with E-state index in [9.17, 15) is 9.90 Å². The lowest BCUT2D eigenvalue weighted by Crippen LogP contribution is -2.05. The number of rotatable bonds is 8. The molecule has 0 saturated carbocycles. The number of aromatic amines is 1. The van der Waals surface area contributed by atoms with Crippen molar-refractivity contribution in [2.45, 2.75) is 39.9 Å². The van der Waals surface area contributed by atoms with Crippen LogP contribution in [0.15, 0.2) is 66.7 Å². The van der Waals surface area contributed by atoms with Crippen molar-refractivity contribution in [2.24, 2.45) is 0 Å². The molecule has 3 aromatic carbocycles. The Hall–Kier alpha value is -3.93. The number of carbonyl (C=O) groups is 1. The van der Waals surface area contributed by atoms with E-state index in [1.807, 2.05) is 94.4 Å². The number of hydrogen-bond acceptors (Lipinski definition) is 4. The number of hydrogen-bond donors (Lipinski definition) is 2. The molecule has 0 atom stereocenters. The summed E-state index contributed by atoms with van der Waals surface area (Å²) < 4.78 is 17.5. The average Bonchev–Trinajstić information content (AvgIpc) is 3.13. The van der Waals surface area contributed by atoms with E-state index in [4.69, 9.17) is 14.2 Å². The van der Waals surface area contributed by atoms with Crippen molar-refractivity contribution in [1.82, 2.24) is 4.98 Å². The van der Waals surface area contributed by atoms with E-state index in [0.717, 1.165) is 22.4 Å². The van der Waals surface area contributed by atoms with Crippen molar-refractivity contribution in [3.8, 4) is 34.1 Å². The fraction of sp³-hybridized carbons (Fsp3) is 0.222. The fourth-order valence-electron chi connectivity index (χ4n) is 3.69. The summed E-state index contributed by atoms with van der Waals surface area (Å²) in [6.45, 7) is 7.86. The number of H-pyrrole nitrogens is 1. The number of nitrogens with one attached hydrogen (secondary N) is 1. The summed E-state index contributed by atoms with van der Waals surface area (Å²) >= 11 is 0. The molecule has 1 aromatic heterocycles. The van der Waals surface area contributed by atoms with Crippen LogP contribution < -0.4 is 14.2 Å². The smallest absolute Gasteiger partial charge is 0.352 e. The highest BCUT2D eigenvalue weighted by Crippen LogP contribution is 2.37. The molecule has 0 unspecified atom stereocenters. The predicted octanol–water partition coefficient (Wildman–Crippen LogP) is 6.90. The van der Waals surface area contributed by atoms with Gasteiger partial charge in [0.05, 0.1) is 12.2 Å². The zero-order valence-corrected chi connectivity index (χ0v) is 19.1. The topological polar surface area (TPSA) is 80.8 Å². The molecular formula is C27H27NO5. The SMILES string of the molecule is CC(C)Oc1ccc(-c2c(C(=O)O)[nH]c3ccc(Oc4cccc(OC(C)C)c4)cc23)cc1. The molecule has 4 aromatic rings. The average molecular weight is 446 g/mol. The maximum Gasteiger partial charge on any atom is 0.352 e. The molecule has 6 nitrogen and oxygen atoms in total. The highest BCUT2D eigenvalue weighted by atomic mass is 16.5. The lowest BCUT2D eigenvalue weighted by Gasteiger charge is -2.12. The van der Waals surface area contributed by atoms with Crippen molar-refractivity contribution in [3.05, 3.63) is 72.4 Å². The number of aromatic carboxylic acids is 1. The van der Waals surface area contributed by atoms with Crippen molar-refractivity contribution in [1.29, 1.82) is 0 Å². The zero-order valence-electron chi connectivity index (χ0n) is 19.1. The Morgan fingerprint density at radius 2 is 1.39 bits per heavy atom. The minimum atomic E-state index is -1.02. The molecule has 2 N–H and O–H groups in total. The second-order valence-electron chi connectivity index (χ2n) is 8.32. The third-order valence-corrected chi connectivity index (χ3v) is 4.91. The molecule has 33 heavy (non-hydrogen) atoms. The molecule has 170 valence electrons. The molecule has 0 aliphatic heterocycles. The second-order valence-corrected chi connectivity index (χ2v) is 8.32. The molecule has 0 saturated heterocycles. The number of benzene rings is 3. The maximum absolute atomic E-state index is 12.0. The Bertz CT molecular complexity index is 1270. The van der Waals surface area contributed by atoms with Gasteiger partial charge in [-0.25, -0.2) is 4.79 Å². The van der Waals surface area contributed by atoms with Crippen LogP contribution in [0.2, 0.25) is 0 Å². The minimum absolute atomic E-state index is 0.0580. The van der Waals surface area contributed by atoms with Crippen LogP contribution in [0.3, 0.4) is 0 Å². The van der Waals surface area contributed by atoms with Crippen LogP contribution in [-0.2, 0) is 0 Å². The standard InChI is InChI=1S/C27H27NO5/c1-16(2)31-19-10-8-18(9-11-19)25-23-15-22(12-13-24(23)28-26(25)27(29)30)33-21-7-5-6-20(14-21)32-17(3)4/h5-17,28H,1-4H3,(H,29,30). The van der Waals surface area contributed by atoms with Gasteiger partial charge in [0.15, 0.2) is 0 Å². The molecule has 1 heterocycles. The Balaban J connectivity index is 1.72. The number of carboxylic acid groups (broad SMARTS) is 1. The van der Waals surface area contributed by atoms with Crippen LogP contribution in [0.1, 0.15) is 38.2 Å². The van der Waals surface area contributed by atoms with Crippen LogP contribution in [0.4, 0.5) is 0 Å². The van der Waals surface area contributed by atoms with Crippen LogP contribution in [0, 0.1) is 0 Å². The molecule has 0 fully saturated rings. The first kappa shape index (κ1) is 22.3. The number of ether oxygens (including phenoxy) is 3. The minimum Gasteiger partial charge on any atom is -0.491 e. The Kier molecular flexibility index (Phi) is 6.27. The number of carboxylic acids is 1. The first-order valence-corrected chi connectivity index (χ1v) is 10.9. The lowest BCUT2D eigenvalue weighted by atomic mass is 10.0. The molecule has 0 bridgehead atoms. The summed E-state index contributed by atoms with van der Waals surface area (Å²) in [4.78, 5) is 15.0. The van der Waals surface area contributed by atoms with Crippen molar-refractivity contribution in [3.63, 3.8) is 0 Å². The van der Waals surface area contributed by atoms with E-state index in [0.29, 0.717) is 22.6 Å². The van der Waals surface area contributed by atoms with E-state index in [1.165, 1.54) is 0 Å². The molecule has 0 radical (unpaired) electrons. The van der Waals surface area contributed by atoms with Gasteiger partial charge in [0.2, 0.25) is 0 Å². The maximum atomic E-state index is 12.0. The van der Waals surface area contributed by atoms with Gasteiger partial charge < -0.3 is 24.3 Å². The van der Waals surface area contributed by atoms with Gasteiger partial charge in [-0.1, -0.05) is 18.2 Å². The second kappa shape index (κ2) is 9.28. The van der Waals surface area contributed by atoms with Gasteiger partial charge >= 0.3 is 5.97 Å². The molecule has 0 aliphatic carbocycles. The van der Waals surface area contributed by atoms with Gasteiger partial charge in [0.25, 0.3) is 0 Å². The van der Waals surface area contributed by atoms with Crippen LogP contribution in [-0.4, -0.2) is 28.3 Å². The molecule has 0 spiro atoms. The van der Waals surface area contributed by atoms with Crippen LogP contribution in [0.5, 0.6) is 23.0 Å². The zero-order chi connectivity index (χ0) is 23.5. The van der Waals surface area contributed by atoms with Gasteiger partial charge in [0.1, 0.15) is 28.7 Å². The van der Waals surface area contributed by atoms with Gasteiger partial charge in [-0.3, -0.25) is 0 Å². The third-order valence-electron chi connectivity index (χ3n) is 4.91. The van der Waals surface area contributed by atoms with E-state index in [2.05, 4.69) is 4.98 Å². The van der Waals surface area contributed by atoms with E-state index < -0.39 is 5.97 Å². The highest BCUT2D eigenvalue weighted by Gasteiger charge is 2.19. The van der Waals surface area contributed by atoms with Crippen LogP contribution >= 0.6 is 0 Å². The summed E-state index contributed by atoms with van der Waals surface area (Å²) in [6.07, 6.45) is 0.119. The molecule has 4 rings (SSSR count). The summed E-state index contributed by atoms with van der Waals surface area (Å²) in [5.74, 6) is 1.67. The first-order valence-electron chi connectivity index (χ1n) is 10.9. The summed E-state index contributed by atoms with van der Waals surface area (Å²) in [7, 11) is 0. The van der Waals surface area contributed by atoms with E-state index >= 15 is 0 Å².